The molecule has 0 aromatic rings. The topological polar surface area (TPSA) is 110 Å². The van der Waals surface area contributed by atoms with E-state index >= 15 is 0 Å². The molecule has 6 heteroatoms. The van der Waals surface area contributed by atoms with Crippen LogP contribution < -0.4 is 0 Å². The second-order valence-corrected chi connectivity index (χ2v) is 3.05. The first-order valence-corrected chi connectivity index (χ1v) is 4.06. The lowest BCUT2D eigenvalue weighted by Gasteiger charge is -2.38. The van der Waals surface area contributed by atoms with Gasteiger partial charge in [-0.15, -0.1) is 0 Å². The molecule has 0 aromatic carbocycles. The molecule has 1 fully saturated rings. The van der Waals surface area contributed by atoms with Crippen LogP contribution in [0.5, 0.6) is 0 Å². The molecular weight excluding hydrogens is 180 g/mol. The maximum Gasteiger partial charge on any atom is 0.183 e. The van der Waals surface area contributed by atoms with Gasteiger partial charge in [0.25, 0.3) is 0 Å². The van der Waals surface area contributed by atoms with Crippen molar-refractivity contribution in [1.29, 1.82) is 0 Å². The number of ether oxygens (including phenoxy) is 1. The fourth-order valence-electron chi connectivity index (χ4n) is 1.30. The monoisotopic (exact) mass is 194 g/mol. The van der Waals surface area contributed by atoms with Gasteiger partial charge in [0.05, 0.1) is 6.10 Å². The van der Waals surface area contributed by atoms with E-state index in [0.717, 1.165) is 0 Å². The Morgan fingerprint density at radius 1 is 0.923 bits per heavy atom. The smallest absolute Gasteiger partial charge is 0.183 e. The van der Waals surface area contributed by atoms with Crippen LogP contribution in [0.1, 0.15) is 6.42 Å². The second-order valence-electron chi connectivity index (χ2n) is 3.05. The summed E-state index contributed by atoms with van der Waals surface area (Å²) < 4.78 is 4.76. The third-order valence-corrected chi connectivity index (χ3v) is 2.10. The summed E-state index contributed by atoms with van der Waals surface area (Å²) in [6, 6.07) is 0. The first kappa shape index (κ1) is 10.8. The zero-order valence-corrected chi connectivity index (χ0v) is 6.95. The van der Waals surface area contributed by atoms with Crippen molar-refractivity contribution in [3.8, 4) is 0 Å². The summed E-state index contributed by atoms with van der Waals surface area (Å²) in [5.74, 6) is 0. The summed E-state index contributed by atoms with van der Waals surface area (Å²) in [6.45, 7) is -0.225. The minimum absolute atomic E-state index is 0.0992. The van der Waals surface area contributed by atoms with Crippen LogP contribution in [0.3, 0.4) is 0 Å². The maximum absolute atomic E-state index is 9.30. The molecule has 0 unspecified atom stereocenters. The number of rotatable bonds is 2. The normalized spacial score (nSPS) is 46.4. The van der Waals surface area contributed by atoms with Crippen LogP contribution in [0.15, 0.2) is 0 Å². The summed E-state index contributed by atoms with van der Waals surface area (Å²) in [4.78, 5) is 0. The van der Waals surface area contributed by atoms with Crippen LogP contribution in [0.25, 0.3) is 0 Å². The van der Waals surface area contributed by atoms with E-state index < -0.39 is 30.7 Å². The molecule has 0 radical (unpaired) electrons. The standard InChI is InChI=1S/C7H14O6/c8-2-1-3-4(9)5(10)6(11)7(12)13-3/h3-12H,1-2H2/t3-,4+,5-,6+,7-/m1/s1. The third-order valence-electron chi connectivity index (χ3n) is 2.10. The quantitative estimate of drug-likeness (QED) is 0.324. The predicted molar refractivity (Wildman–Crippen MR) is 40.6 cm³/mol. The predicted octanol–water partition coefficient (Wildman–Crippen LogP) is -2.83. The van der Waals surface area contributed by atoms with Gasteiger partial charge >= 0.3 is 0 Å². The van der Waals surface area contributed by atoms with E-state index in [-0.39, 0.29) is 13.0 Å². The fourth-order valence-corrected chi connectivity index (χ4v) is 1.30. The van der Waals surface area contributed by atoms with Crippen molar-refractivity contribution >= 4 is 0 Å². The van der Waals surface area contributed by atoms with Crippen LogP contribution in [0, 0.1) is 0 Å². The van der Waals surface area contributed by atoms with Gasteiger partial charge in [-0.05, 0) is 6.42 Å². The molecule has 1 heterocycles. The van der Waals surface area contributed by atoms with Crippen molar-refractivity contribution in [2.75, 3.05) is 6.61 Å². The van der Waals surface area contributed by atoms with Gasteiger partial charge < -0.3 is 30.3 Å². The van der Waals surface area contributed by atoms with Crippen LogP contribution in [0.2, 0.25) is 0 Å². The molecule has 1 saturated heterocycles. The van der Waals surface area contributed by atoms with Crippen LogP contribution in [-0.2, 0) is 4.74 Å². The molecule has 1 rings (SSSR count). The molecule has 5 N–H and O–H groups in total. The summed E-state index contributed by atoms with van der Waals surface area (Å²) in [7, 11) is 0. The van der Waals surface area contributed by atoms with Crippen molar-refractivity contribution in [2.24, 2.45) is 0 Å². The summed E-state index contributed by atoms with van der Waals surface area (Å²) >= 11 is 0. The molecule has 78 valence electrons. The van der Waals surface area contributed by atoms with Crippen molar-refractivity contribution in [3.63, 3.8) is 0 Å². The van der Waals surface area contributed by atoms with E-state index in [4.69, 9.17) is 20.1 Å². The summed E-state index contributed by atoms with van der Waals surface area (Å²) in [6.07, 6.45) is -6.51. The van der Waals surface area contributed by atoms with E-state index in [1.807, 2.05) is 0 Å². The Morgan fingerprint density at radius 3 is 2.08 bits per heavy atom. The minimum atomic E-state index is -1.52. The second kappa shape index (κ2) is 4.32. The van der Waals surface area contributed by atoms with Gasteiger partial charge in [-0.3, -0.25) is 0 Å². The molecule has 6 nitrogen and oxygen atoms in total. The van der Waals surface area contributed by atoms with Crippen molar-refractivity contribution in [1.82, 2.24) is 0 Å². The molecule has 0 aliphatic carbocycles. The largest absolute Gasteiger partial charge is 0.396 e. The first-order chi connectivity index (χ1) is 6.07. The highest BCUT2D eigenvalue weighted by Gasteiger charge is 2.42. The molecule has 0 bridgehead atoms. The van der Waals surface area contributed by atoms with E-state index in [1.54, 1.807) is 0 Å². The molecule has 5 atom stereocenters. The maximum atomic E-state index is 9.30. The van der Waals surface area contributed by atoms with Crippen molar-refractivity contribution < 1.29 is 30.3 Å². The van der Waals surface area contributed by atoms with Gasteiger partial charge in [0.2, 0.25) is 0 Å². The highest BCUT2D eigenvalue weighted by atomic mass is 16.6. The minimum Gasteiger partial charge on any atom is -0.396 e. The average molecular weight is 194 g/mol. The van der Waals surface area contributed by atoms with E-state index in [2.05, 4.69) is 0 Å². The summed E-state index contributed by atoms with van der Waals surface area (Å²) in [5, 5.41) is 45.1. The fraction of sp³-hybridized carbons (Fsp3) is 1.00. The molecule has 1 aliphatic rings. The van der Waals surface area contributed by atoms with Crippen molar-refractivity contribution in [2.45, 2.75) is 37.1 Å². The summed E-state index contributed by atoms with van der Waals surface area (Å²) in [5.41, 5.74) is 0. The van der Waals surface area contributed by atoms with Gasteiger partial charge in [0.1, 0.15) is 18.3 Å². The Hall–Kier alpha value is -0.240. The van der Waals surface area contributed by atoms with Crippen LogP contribution >= 0.6 is 0 Å². The lowest BCUT2D eigenvalue weighted by atomic mass is 9.97. The Kier molecular flexibility index (Phi) is 3.60. The SMILES string of the molecule is OCC[C@H]1O[C@@H](O)[C@@H](O)[C@H](O)[C@H]1O. The first-order valence-electron chi connectivity index (χ1n) is 4.06. The number of hydrogen-bond acceptors (Lipinski definition) is 6. The third kappa shape index (κ3) is 2.16. The molecule has 13 heavy (non-hydrogen) atoms. The Labute approximate surface area is 75.0 Å². The van der Waals surface area contributed by atoms with E-state index in [1.165, 1.54) is 0 Å². The highest BCUT2D eigenvalue weighted by Crippen LogP contribution is 2.21. The number of aliphatic hydroxyl groups excluding tert-OH is 5. The Morgan fingerprint density at radius 2 is 1.54 bits per heavy atom. The van der Waals surface area contributed by atoms with Gasteiger partial charge in [-0.2, -0.15) is 0 Å². The van der Waals surface area contributed by atoms with Gasteiger partial charge in [0.15, 0.2) is 6.29 Å². The van der Waals surface area contributed by atoms with E-state index in [0.29, 0.717) is 0 Å². The molecule has 0 saturated carbocycles. The van der Waals surface area contributed by atoms with Gasteiger partial charge in [-0.25, -0.2) is 0 Å². The molecular formula is C7H14O6. The van der Waals surface area contributed by atoms with E-state index in [9.17, 15) is 10.2 Å². The lowest BCUT2D eigenvalue weighted by molar-refractivity contribution is -0.283. The zero-order chi connectivity index (χ0) is 10.0. The molecule has 0 spiro atoms. The van der Waals surface area contributed by atoms with Gasteiger partial charge in [0, 0.05) is 6.61 Å². The van der Waals surface area contributed by atoms with Crippen LogP contribution in [-0.4, -0.2) is 62.8 Å². The highest BCUT2D eigenvalue weighted by molar-refractivity contribution is 4.88. The Bertz CT molecular complexity index is 163. The average Bonchev–Trinajstić information content (AvgIpc) is 2.11. The van der Waals surface area contributed by atoms with Crippen molar-refractivity contribution in [3.05, 3.63) is 0 Å². The number of hydrogen-bond donors (Lipinski definition) is 5. The molecule has 0 aromatic heterocycles. The molecule has 1 aliphatic heterocycles. The molecule has 0 amide bonds. The number of aliphatic hydroxyl groups is 5. The van der Waals surface area contributed by atoms with Gasteiger partial charge in [-0.1, -0.05) is 0 Å². The Balaban J connectivity index is 2.59. The van der Waals surface area contributed by atoms with Crippen LogP contribution in [0.4, 0.5) is 0 Å². The lowest BCUT2D eigenvalue weighted by Crippen LogP contribution is -2.57. The zero-order valence-electron chi connectivity index (χ0n) is 6.95.